The van der Waals surface area contributed by atoms with Gasteiger partial charge in [-0.05, 0) is 85.0 Å². The summed E-state index contributed by atoms with van der Waals surface area (Å²) in [6.07, 6.45) is 1.59. The molecule has 0 amide bonds. The predicted molar refractivity (Wildman–Crippen MR) is 180 cm³/mol. The van der Waals surface area contributed by atoms with Gasteiger partial charge in [-0.15, -0.1) is 0 Å². The van der Waals surface area contributed by atoms with Gasteiger partial charge in [-0.1, -0.05) is 49.7 Å². The van der Waals surface area contributed by atoms with E-state index in [1.807, 2.05) is 68.4 Å². The fourth-order valence-corrected chi connectivity index (χ4v) is 5.18. The molecule has 5 aromatic rings. The van der Waals surface area contributed by atoms with Crippen molar-refractivity contribution in [3.63, 3.8) is 0 Å². The molecule has 0 N–H and O–H groups in total. The first-order valence-corrected chi connectivity index (χ1v) is 15.1. The van der Waals surface area contributed by atoms with Crippen LogP contribution in [0.3, 0.4) is 0 Å². The molecule has 0 spiro atoms. The molecule has 1 heterocycles. The van der Waals surface area contributed by atoms with E-state index >= 15 is 0 Å². The smallest absolute Gasteiger partial charge is 0.282 e. The maximum Gasteiger partial charge on any atom is 0.282 e. The van der Waals surface area contributed by atoms with Crippen molar-refractivity contribution in [2.45, 2.75) is 40.2 Å². The minimum Gasteiger partial charge on any atom is -0.494 e. The normalized spacial score (nSPS) is 11.4. The third kappa shape index (κ3) is 6.81. The number of rotatable bonds is 11. The molecule has 0 saturated carbocycles. The van der Waals surface area contributed by atoms with Crippen LogP contribution in [0.15, 0.2) is 82.7 Å². The lowest BCUT2D eigenvalue weighted by Gasteiger charge is -2.18. The Hall–Kier alpha value is -4.82. The van der Waals surface area contributed by atoms with Gasteiger partial charge in [0.1, 0.15) is 12.4 Å². The molecule has 0 radical (unpaired) electrons. The van der Waals surface area contributed by atoms with Gasteiger partial charge in [0, 0.05) is 16.1 Å². The average molecular weight is 626 g/mol. The first-order valence-electron chi connectivity index (χ1n) is 14.7. The van der Waals surface area contributed by atoms with Crippen molar-refractivity contribution in [2.75, 3.05) is 20.8 Å². The minimum atomic E-state index is -0.284. The van der Waals surface area contributed by atoms with E-state index in [4.69, 9.17) is 35.5 Å². The largest absolute Gasteiger partial charge is 0.494 e. The maximum absolute atomic E-state index is 13.9. The zero-order chi connectivity index (χ0) is 32.1. The molecule has 0 aliphatic carbocycles. The Morgan fingerprint density at radius 2 is 1.62 bits per heavy atom. The molecule has 5 rings (SSSR count). The van der Waals surface area contributed by atoms with Gasteiger partial charge in [0.05, 0.1) is 37.9 Å². The third-order valence-corrected chi connectivity index (χ3v) is 7.63. The van der Waals surface area contributed by atoms with Crippen LogP contribution in [0.5, 0.6) is 23.0 Å². The van der Waals surface area contributed by atoms with Crippen LogP contribution in [0, 0.1) is 6.92 Å². The number of hydrogen-bond donors (Lipinski definition) is 0. The van der Waals surface area contributed by atoms with Crippen LogP contribution in [0.2, 0.25) is 5.02 Å². The van der Waals surface area contributed by atoms with Gasteiger partial charge in [-0.25, -0.2) is 4.98 Å². The van der Waals surface area contributed by atoms with Crippen LogP contribution in [0.1, 0.15) is 48.9 Å². The third-order valence-electron chi connectivity index (χ3n) is 7.37. The van der Waals surface area contributed by atoms with Crippen LogP contribution < -0.4 is 24.5 Å². The number of ether oxygens (including phenoxy) is 4. The molecule has 0 bridgehead atoms. The van der Waals surface area contributed by atoms with Crippen molar-refractivity contribution in [2.24, 2.45) is 5.10 Å². The lowest BCUT2D eigenvalue weighted by molar-refractivity contribution is 0.266. The second-order valence-electron chi connectivity index (χ2n) is 10.8. The number of halogens is 1. The maximum atomic E-state index is 13.9. The number of fused-ring (bicyclic) bond motifs is 1. The molecule has 0 atom stereocenters. The molecule has 0 saturated heterocycles. The van der Waals surface area contributed by atoms with Gasteiger partial charge in [0.15, 0.2) is 17.3 Å². The van der Waals surface area contributed by atoms with Gasteiger partial charge in [-0.3, -0.25) is 4.79 Å². The number of aromatic nitrogens is 2. The van der Waals surface area contributed by atoms with E-state index in [2.05, 4.69) is 18.9 Å². The molecule has 0 aliphatic rings. The topological polar surface area (TPSA) is 84.2 Å². The number of benzene rings is 4. The summed E-state index contributed by atoms with van der Waals surface area (Å²) in [5.41, 5.74) is 4.62. The Balaban J connectivity index is 1.60. The number of methoxy groups -OCH3 is 2. The van der Waals surface area contributed by atoms with Crippen molar-refractivity contribution >= 4 is 28.7 Å². The Kier molecular flexibility index (Phi) is 9.74. The SMILES string of the molecule is CCOc1cc(C)c(-c2nc3ccccc3c(=O)n2N=Cc2cc(OC)c(OCc3ccc(Cl)cc3)c(OC)c2)cc1C(C)C. The summed E-state index contributed by atoms with van der Waals surface area (Å²) < 4.78 is 24.7. The van der Waals surface area contributed by atoms with E-state index in [1.165, 1.54) is 4.68 Å². The monoisotopic (exact) mass is 625 g/mol. The zero-order valence-corrected chi connectivity index (χ0v) is 27.0. The Morgan fingerprint density at radius 3 is 2.27 bits per heavy atom. The fourth-order valence-electron chi connectivity index (χ4n) is 5.05. The number of hydrogen-bond acceptors (Lipinski definition) is 7. The van der Waals surface area contributed by atoms with Crippen LogP contribution in [0.25, 0.3) is 22.3 Å². The first kappa shape index (κ1) is 31.6. The molecular formula is C36H36ClN3O5. The predicted octanol–water partition coefficient (Wildman–Crippen LogP) is 8.03. The van der Waals surface area contributed by atoms with Crippen molar-refractivity contribution in [3.8, 4) is 34.4 Å². The average Bonchev–Trinajstić information content (AvgIpc) is 3.04. The Morgan fingerprint density at radius 1 is 0.933 bits per heavy atom. The second-order valence-corrected chi connectivity index (χ2v) is 11.2. The summed E-state index contributed by atoms with van der Waals surface area (Å²) in [4.78, 5) is 18.8. The van der Waals surface area contributed by atoms with E-state index in [1.54, 1.807) is 38.6 Å². The highest BCUT2D eigenvalue weighted by Crippen LogP contribution is 2.39. The number of para-hydroxylation sites is 1. The molecule has 0 fully saturated rings. The minimum absolute atomic E-state index is 0.190. The fraction of sp³-hybridized carbons (Fsp3) is 0.250. The zero-order valence-electron chi connectivity index (χ0n) is 26.3. The second kappa shape index (κ2) is 13.9. The molecule has 4 aromatic carbocycles. The van der Waals surface area contributed by atoms with Crippen LogP contribution in [-0.2, 0) is 6.61 Å². The molecular weight excluding hydrogens is 590 g/mol. The van der Waals surface area contributed by atoms with Gasteiger partial charge in [0.25, 0.3) is 5.56 Å². The summed E-state index contributed by atoms with van der Waals surface area (Å²) in [7, 11) is 3.11. The van der Waals surface area contributed by atoms with E-state index in [-0.39, 0.29) is 11.5 Å². The van der Waals surface area contributed by atoms with Crippen molar-refractivity contribution in [1.29, 1.82) is 0 Å². The van der Waals surface area contributed by atoms with Gasteiger partial charge in [-0.2, -0.15) is 9.78 Å². The van der Waals surface area contributed by atoms with Crippen LogP contribution >= 0.6 is 11.6 Å². The summed E-state index contributed by atoms with van der Waals surface area (Å²) in [6, 6.07) is 22.3. The summed E-state index contributed by atoms with van der Waals surface area (Å²) in [6.45, 7) is 9.01. The lowest BCUT2D eigenvalue weighted by atomic mass is 9.96. The molecule has 232 valence electrons. The standard InChI is InChI=1S/C36H36ClN3O5/c1-7-44-31-16-23(4)29(19-28(31)22(2)3)35-39-30-11-9-8-10-27(30)36(41)40(35)38-20-25-17-32(42-5)34(33(18-25)43-6)45-21-24-12-14-26(37)15-13-24/h8-20,22H,7,21H2,1-6H3. The Bertz CT molecular complexity index is 1890. The number of nitrogens with zero attached hydrogens (tertiary/aromatic N) is 3. The van der Waals surface area contributed by atoms with Gasteiger partial charge < -0.3 is 18.9 Å². The van der Waals surface area contributed by atoms with E-state index < -0.39 is 0 Å². The van der Waals surface area contributed by atoms with Crippen molar-refractivity contribution in [1.82, 2.24) is 9.66 Å². The molecule has 0 unspecified atom stereocenters. The van der Waals surface area contributed by atoms with E-state index in [9.17, 15) is 4.79 Å². The highest BCUT2D eigenvalue weighted by Gasteiger charge is 2.19. The summed E-state index contributed by atoms with van der Waals surface area (Å²) in [5, 5.41) is 5.80. The highest BCUT2D eigenvalue weighted by atomic mass is 35.5. The highest BCUT2D eigenvalue weighted by molar-refractivity contribution is 6.30. The van der Waals surface area contributed by atoms with Crippen molar-refractivity contribution < 1.29 is 18.9 Å². The van der Waals surface area contributed by atoms with E-state index in [0.717, 1.165) is 28.0 Å². The lowest BCUT2D eigenvalue weighted by Crippen LogP contribution is -2.21. The van der Waals surface area contributed by atoms with Crippen molar-refractivity contribution in [3.05, 3.63) is 110 Å². The first-order chi connectivity index (χ1) is 21.7. The molecule has 9 heteroatoms. The van der Waals surface area contributed by atoms with Gasteiger partial charge >= 0.3 is 0 Å². The summed E-state index contributed by atoms with van der Waals surface area (Å²) in [5.74, 6) is 2.80. The van der Waals surface area contributed by atoms with Gasteiger partial charge in [0.2, 0.25) is 5.75 Å². The van der Waals surface area contributed by atoms with Crippen LogP contribution in [0.4, 0.5) is 0 Å². The molecule has 1 aromatic heterocycles. The quantitative estimate of drug-likeness (QED) is 0.138. The molecule has 45 heavy (non-hydrogen) atoms. The molecule has 8 nitrogen and oxygen atoms in total. The Labute approximate surface area is 267 Å². The molecule has 0 aliphatic heterocycles. The number of aryl methyl sites for hydroxylation is 1. The van der Waals surface area contributed by atoms with Crippen LogP contribution in [-0.4, -0.2) is 36.7 Å². The summed E-state index contributed by atoms with van der Waals surface area (Å²) >= 11 is 6.02. The van der Waals surface area contributed by atoms with E-state index in [0.29, 0.717) is 57.8 Å².